The maximum absolute atomic E-state index is 5.89. The van der Waals surface area contributed by atoms with Gasteiger partial charge in [-0.05, 0) is 12.1 Å². The van der Waals surface area contributed by atoms with Gasteiger partial charge >= 0.3 is 0 Å². The lowest BCUT2D eigenvalue weighted by molar-refractivity contribution is 0.457. The molecule has 0 bridgehead atoms. The molecule has 3 nitrogen and oxygen atoms in total. The molecule has 2 aromatic rings. The summed E-state index contributed by atoms with van der Waals surface area (Å²) in [5.41, 5.74) is 0. The van der Waals surface area contributed by atoms with Crippen LogP contribution >= 0.6 is 23.2 Å². The van der Waals surface area contributed by atoms with Crippen LogP contribution in [0.2, 0.25) is 10.0 Å². The Labute approximate surface area is 90.2 Å². The van der Waals surface area contributed by atoms with E-state index >= 15 is 0 Å². The Kier molecular flexibility index (Phi) is 2.61. The van der Waals surface area contributed by atoms with Crippen LogP contribution in [0.3, 0.4) is 0 Å². The summed E-state index contributed by atoms with van der Waals surface area (Å²) < 4.78 is 10.1. The zero-order valence-electron chi connectivity index (χ0n) is 6.91. The third kappa shape index (κ3) is 1.84. The summed E-state index contributed by atoms with van der Waals surface area (Å²) in [7, 11) is 0. The average Bonchev–Trinajstić information content (AvgIpc) is 2.66. The van der Waals surface area contributed by atoms with Crippen molar-refractivity contribution in [2.45, 2.75) is 0 Å². The summed E-state index contributed by atoms with van der Waals surface area (Å²) in [6, 6.07) is 5.12. The van der Waals surface area contributed by atoms with Crippen molar-refractivity contribution in [2.24, 2.45) is 0 Å². The monoisotopic (exact) mass is 229 g/mol. The molecule has 0 N–H and O–H groups in total. The average molecular weight is 230 g/mol. The molecule has 0 saturated heterocycles. The number of hydrogen-bond donors (Lipinski definition) is 0. The Morgan fingerprint density at radius 2 is 2.14 bits per heavy atom. The number of oxazole rings is 1. The van der Waals surface area contributed by atoms with Crippen LogP contribution in [0.4, 0.5) is 0 Å². The van der Waals surface area contributed by atoms with E-state index in [9.17, 15) is 0 Å². The number of aromatic nitrogens is 1. The molecule has 0 aliphatic carbocycles. The summed E-state index contributed by atoms with van der Waals surface area (Å²) >= 11 is 11.7. The van der Waals surface area contributed by atoms with E-state index in [0.717, 1.165) is 0 Å². The maximum Gasteiger partial charge on any atom is 0.258 e. The Morgan fingerprint density at radius 3 is 2.86 bits per heavy atom. The summed E-state index contributed by atoms with van der Waals surface area (Å²) in [6.45, 7) is 0. The largest absolute Gasteiger partial charge is 0.448 e. The van der Waals surface area contributed by atoms with Crippen LogP contribution in [0, 0.1) is 0 Å². The van der Waals surface area contributed by atoms with Crippen molar-refractivity contribution in [1.82, 2.24) is 4.98 Å². The highest BCUT2D eigenvalue weighted by Crippen LogP contribution is 2.33. The first-order valence-electron chi connectivity index (χ1n) is 3.77. The number of hydrogen-bond acceptors (Lipinski definition) is 3. The van der Waals surface area contributed by atoms with Gasteiger partial charge in [-0.15, -0.1) is 0 Å². The topological polar surface area (TPSA) is 35.3 Å². The number of benzene rings is 1. The second-order valence-electron chi connectivity index (χ2n) is 2.48. The van der Waals surface area contributed by atoms with Gasteiger partial charge in [0, 0.05) is 0 Å². The van der Waals surface area contributed by atoms with E-state index in [1.807, 2.05) is 0 Å². The highest BCUT2D eigenvalue weighted by Gasteiger charge is 2.07. The Balaban J connectivity index is 2.29. The molecule has 0 spiro atoms. The highest BCUT2D eigenvalue weighted by atomic mass is 35.5. The smallest absolute Gasteiger partial charge is 0.258 e. The van der Waals surface area contributed by atoms with Crippen LogP contribution in [0.25, 0.3) is 0 Å². The second kappa shape index (κ2) is 3.90. The van der Waals surface area contributed by atoms with E-state index in [4.69, 9.17) is 32.4 Å². The predicted octanol–water partition coefficient (Wildman–Crippen LogP) is 3.77. The molecule has 5 heteroatoms. The first kappa shape index (κ1) is 9.37. The molecule has 0 aliphatic rings. The Hall–Kier alpha value is -1.19. The van der Waals surface area contributed by atoms with Crippen LogP contribution in [0.1, 0.15) is 0 Å². The zero-order valence-corrected chi connectivity index (χ0v) is 8.42. The minimum Gasteiger partial charge on any atom is -0.448 e. The van der Waals surface area contributed by atoms with Gasteiger partial charge in [0.25, 0.3) is 5.88 Å². The molecule has 2 rings (SSSR count). The first-order valence-corrected chi connectivity index (χ1v) is 4.53. The van der Waals surface area contributed by atoms with Crippen LogP contribution in [0.5, 0.6) is 11.6 Å². The van der Waals surface area contributed by atoms with Gasteiger partial charge in [-0.3, -0.25) is 0 Å². The van der Waals surface area contributed by atoms with Crippen molar-refractivity contribution >= 4 is 23.2 Å². The summed E-state index contributed by atoms with van der Waals surface area (Å²) in [5.74, 6) is 0.794. The van der Waals surface area contributed by atoms with Gasteiger partial charge in [0.05, 0.1) is 5.02 Å². The van der Waals surface area contributed by atoms with Gasteiger partial charge in [0.15, 0.2) is 12.7 Å². The van der Waals surface area contributed by atoms with Gasteiger partial charge in [-0.1, -0.05) is 29.3 Å². The highest BCUT2D eigenvalue weighted by molar-refractivity contribution is 6.42. The molecule has 1 aromatic carbocycles. The maximum atomic E-state index is 5.89. The van der Waals surface area contributed by atoms with Crippen molar-refractivity contribution in [1.29, 1.82) is 0 Å². The normalized spacial score (nSPS) is 10.1. The van der Waals surface area contributed by atoms with Gasteiger partial charge < -0.3 is 9.15 Å². The van der Waals surface area contributed by atoms with E-state index in [0.29, 0.717) is 21.7 Å². The van der Waals surface area contributed by atoms with Crippen LogP contribution in [-0.2, 0) is 0 Å². The number of halogens is 2. The predicted molar refractivity (Wildman–Crippen MR) is 53.0 cm³/mol. The lowest BCUT2D eigenvalue weighted by atomic mass is 10.3. The Bertz CT molecular complexity index is 428. The molecule has 1 heterocycles. The van der Waals surface area contributed by atoms with Crippen LogP contribution in [0.15, 0.2) is 35.3 Å². The minimum absolute atomic E-state index is 0.342. The van der Waals surface area contributed by atoms with Gasteiger partial charge in [0.1, 0.15) is 10.8 Å². The molecule has 0 saturated carbocycles. The number of ether oxygens (including phenoxy) is 1. The molecule has 0 fully saturated rings. The van der Waals surface area contributed by atoms with Crippen LogP contribution < -0.4 is 4.74 Å². The second-order valence-corrected chi connectivity index (χ2v) is 3.27. The zero-order chi connectivity index (χ0) is 9.97. The van der Waals surface area contributed by atoms with Gasteiger partial charge in [0.2, 0.25) is 0 Å². The Morgan fingerprint density at radius 1 is 1.29 bits per heavy atom. The van der Waals surface area contributed by atoms with Gasteiger partial charge in [-0.25, -0.2) is 0 Å². The lowest BCUT2D eigenvalue weighted by Crippen LogP contribution is -1.84. The third-order valence-electron chi connectivity index (χ3n) is 1.54. The van der Waals surface area contributed by atoms with Crippen molar-refractivity contribution in [3.8, 4) is 11.6 Å². The number of rotatable bonds is 2. The van der Waals surface area contributed by atoms with Gasteiger partial charge in [-0.2, -0.15) is 4.98 Å². The number of nitrogens with zero attached hydrogens (tertiary/aromatic N) is 1. The quantitative estimate of drug-likeness (QED) is 0.787. The molecule has 0 atom stereocenters. The fourth-order valence-corrected chi connectivity index (χ4v) is 1.26. The van der Waals surface area contributed by atoms with Crippen LogP contribution in [-0.4, -0.2) is 4.98 Å². The molecule has 0 unspecified atom stereocenters. The molecular weight excluding hydrogens is 225 g/mol. The van der Waals surface area contributed by atoms with E-state index < -0.39 is 0 Å². The fraction of sp³-hybridized carbons (Fsp3) is 0. The lowest BCUT2D eigenvalue weighted by Gasteiger charge is -2.04. The molecule has 0 amide bonds. The van der Waals surface area contributed by atoms with Crippen molar-refractivity contribution in [3.63, 3.8) is 0 Å². The fourth-order valence-electron chi connectivity index (χ4n) is 0.927. The first-order chi connectivity index (χ1) is 6.77. The van der Waals surface area contributed by atoms with Crippen molar-refractivity contribution in [2.75, 3.05) is 0 Å². The van der Waals surface area contributed by atoms with E-state index in [-0.39, 0.29) is 0 Å². The van der Waals surface area contributed by atoms with Crippen molar-refractivity contribution < 1.29 is 9.15 Å². The molecule has 72 valence electrons. The summed E-state index contributed by atoms with van der Waals surface area (Å²) in [4.78, 5) is 3.79. The van der Waals surface area contributed by atoms with Crippen molar-refractivity contribution in [3.05, 3.63) is 40.9 Å². The molecule has 14 heavy (non-hydrogen) atoms. The molecular formula is C9H5Cl2NO2. The molecule has 0 radical (unpaired) electrons. The van der Waals surface area contributed by atoms with E-state index in [2.05, 4.69) is 4.98 Å². The standard InChI is InChI=1S/C9H5Cl2NO2/c10-6-2-1-3-7(9(6)11)14-8-4-13-5-12-8/h1-5H. The third-order valence-corrected chi connectivity index (χ3v) is 2.34. The molecule has 0 aliphatic heterocycles. The SMILES string of the molecule is Clc1cccc(Oc2cocn2)c1Cl. The summed E-state index contributed by atoms with van der Waals surface area (Å²) in [6.07, 6.45) is 2.64. The van der Waals surface area contributed by atoms with E-state index in [1.54, 1.807) is 18.2 Å². The summed E-state index contributed by atoms with van der Waals surface area (Å²) in [5, 5.41) is 0.796. The van der Waals surface area contributed by atoms with E-state index in [1.165, 1.54) is 12.7 Å². The minimum atomic E-state index is 0.342. The molecule has 1 aromatic heterocycles.